The van der Waals surface area contributed by atoms with Crippen LogP contribution in [0.3, 0.4) is 0 Å². The highest BCUT2D eigenvalue weighted by molar-refractivity contribution is 5.77. The molecule has 6 heteroatoms. The van der Waals surface area contributed by atoms with E-state index in [2.05, 4.69) is 15.0 Å². The lowest BCUT2D eigenvalue weighted by molar-refractivity contribution is 0.168. The molecule has 0 amide bonds. The molecule has 0 saturated heterocycles. The minimum atomic E-state index is -0.618. The van der Waals surface area contributed by atoms with Crippen molar-refractivity contribution in [3.8, 4) is 22.6 Å². The van der Waals surface area contributed by atoms with Gasteiger partial charge in [0.2, 0.25) is 5.95 Å². The summed E-state index contributed by atoms with van der Waals surface area (Å²) in [5.41, 5.74) is 1.61. The van der Waals surface area contributed by atoms with Crippen molar-refractivity contribution >= 4 is 0 Å². The van der Waals surface area contributed by atoms with Gasteiger partial charge in [0.25, 0.3) is 0 Å². The second-order valence-corrected chi connectivity index (χ2v) is 6.28. The molecule has 0 unspecified atom stereocenters. The first-order valence-corrected chi connectivity index (χ1v) is 7.24. The fourth-order valence-corrected chi connectivity index (χ4v) is 2.39. The lowest BCUT2D eigenvalue weighted by atomic mass is 9.96. The summed E-state index contributed by atoms with van der Waals surface area (Å²) in [5.74, 6) is -0.140. The predicted molar refractivity (Wildman–Crippen MR) is 84.5 cm³/mol. The average molecular weight is 312 g/mol. The Morgan fingerprint density at radius 1 is 1.09 bits per heavy atom. The standard InChI is InChI=1S/C17H17FN4O/c1-17(2,3)16-21-14(12-6-4-5-8-19-12)15(22(16)23)11-7-9-20-13(18)10-11/h4-10,23H,1-3H3. The molecule has 0 aliphatic rings. The van der Waals surface area contributed by atoms with Crippen LogP contribution in [0, 0.1) is 5.95 Å². The SMILES string of the molecule is CC(C)(C)c1nc(-c2ccccn2)c(-c2ccnc(F)c2)n1O. The van der Waals surface area contributed by atoms with Crippen LogP contribution in [0.15, 0.2) is 42.7 Å². The van der Waals surface area contributed by atoms with E-state index in [0.717, 1.165) is 4.73 Å². The van der Waals surface area contributed by atoms with E-state index in [1.165, 1.54) is 12.3 Å². The zero-order valence-electron chi connectivity index (χ0n) is 13.2. The van der Waals surface area contributed by atoms with Crippen molar-refractivity contribution in [1.82, 2.24) is 19.7 Å². The molecule has 0 aliphatic heterocycles. The molecule has 1 N–H and O–H groups in total. The first-order chi connectivity index (χ1) is 10.9. The second kappa shape index (κ2) is 5.46. The summed E-state index contributed by atoms with van der Waals surface area (Å²) in [6, 6.07) is 8.34. The van der Waals surface area contributed by atoms with Crippen molar-refractivity contribution in [2.24, 2.45) is 0 Å². The van der Waals surface area contributed by atoms with Crippen LogP contribution in [0.2, 0.25) is 0 Å². The van der Waals surface area contributed by atoms with Crippen LogP contribution in [-0.2, 0) is 5.41 Å². The fourth-order valence-electron chi connectivity index (χ4n) is 2.39. The Balaban J connectivity index is 2.30. The average Bonchev–Trinajstić information content (AvgIpc) is 2.86. The first-order valence-electron chi connectivity index (χ1n) is 7.24. The van der Waals surface area contributed by atoms with Crippen LogP contribution < -0.4 is 0 Å². The third kappa shape index (κ3) is 2.79. The number of hydrogen-bond donors (Lipinski definition) is 1. The topological polar surface area (TPSA) is 63.8 Å². The van der Waals surface area contributed by atoms with Gasteiger partial charge in [0.05, 0.1) is 5.69 Å². The quantitative estimate of drug-likeness (QED) is 0.579. The van der Waals surface area contributed by atoms with Crippen LogP contribution in [0.5, 0.6) is 0 Å². The molecule has 3 aromatic rings. The van der Waals surface area contributed by atoms with Gasteiger partial charge in [-0.3, -0.25) is 4.98 Å². The van der Waals surface area contributed by atoms with Gasteiger partial charge in [0.15, 0.2) is 5.82 Å². The van der Waals surface area contributed by atoms with Crippen LogP contribution in [0.25, 0.3) is 22.6 Å². The van der Waals surface area contributed by atoms with Crippen molar-refractivity contribution in [2.45, 2.75) is 26.2 Å². The molecule has 23 heavy (non-hydrogen) atoms. The van der Waals surface area contributed by atoms with Crippen molar-refractivity contribution in [2.75, 3.05) is 0 Å². The minimum absolute atomic E-state index is 0.387. The molecule has 3 aromatic heterocycles. The Labute approximate surface area is 133 Å². The van der Waals surface area contributed by atoms with E-state index >= 15 is 0 Å². The molecule has 118 valence electrons. The maximum atomic E-state index is 13.5. The predicted octanol–water partition coefficient (Wildman–Crippen LogP) is 3.68. The minimum Gasteiger partial charge on any atom is -0.427 e. The van der Waals surface area contributed by atoms with Gasteiger partial charge >= 0.3 is 0 Å². The Kier molecular flexibility index (Phi) is 3.60. The van der Waals surface area contributed by atoms with Crippen LogP contribution >= 0.6 is 0 Å². The molecule has 3 heterocycles. The second-order valence-electron chi connectivity index (χ2n) is 6.28. The molecular weight excluding hydrogens is 295 g/mol. The normalized spacial score (nSPS) is 11.7. The van der Waals surface area contributed by atoms with Crippen molar-refractivity contribution in [3.05, 3.63) is 54.5 Å². The van der Waals surface area contributed by atoms with Gasteiger partial charge in [-0.1, -0.05) is 26.8 Å². The molecule has 0 aliphatic carbocycles. The molecular formula is C17H17FN4O. The van der Waals surface area contributed by atoms with Gasteiger partial charge in [-0.2, -0.15) is 9.12 Å². The smallest absolute Gasteiger partial charge is 0.213 e. The van der Waals surface area contributed by atoms with E-state index in [-0.39, 0.29) is 5.41 Å². The molecule has 0 saturated carbocycles. The molecule has 0 atom stereocenters. The zero-order valence-corrected chi connectivity index (χ0v) is 13.2. The number of imidazole rings is 1. The number of rotatable bonds is 2. The summed E-state index contributed by atoms with van der Waals surface area (Å²) < 4.78 is 14.5. The van der Waals surface area contributed by atoms with Gasteiger partial charge in [-0.25, -0.2) is 9.97 Å². The Morgan fingerprint density at radius 3 is 2.48 bits per heavy atom. The highest BCUT2D eigenvalue weighted by Crippen LogP contribution is 2.34. The zero-order chi connectivity index (χ0) is 16.6. The number of halogens is 1. The maximum absolute atomic E-state index is 13.5. The maximum Gasteiger partial charge on any atom is 0.213 e. The highest BCUT2D eigenvalue weighted by Gasteiger charge is 2.28. The van der Waals surface area contributed by atoms with Crippen LogP contribution in [0.4, 0.5) is 4.39 Å². The summed E-state index contributed by atoms with van der Waals surface area (Å²) in [5, 5.41) is 10.6. The van der Waals surface area contributed by atoms with Crippen LogP contribution in [-0.4, -0.2) is 24.9 Å². The third-order valence-electron chi connectivity index (χ3n) is 3.43. The number of aromatic nitrogens is 4. The summed E-state index contributed by atoms with van der Waals surface area (Å²) in [6.45, 7) is 5.84. The number of pyridine rings is 2. The van der Waals surface area contributed by atoms with E-state index < -0.39 is 5.95 Å². The Bertz CT molecular complexity index is 838. The molecule has 0 spiro atoms. The molecule has 0 aromatic carbocycles. The molecule has 3 rings (SSSR count). The lowest BCUT2D eigenvalue weighted by Crippen LogP contribution is -2.18. The third-order valence-corrected chi connectivity index (χ3v) is 3.43. The van der Waals surface area contributed by atoms with E-state index in [1.807, 2.05) is 26.8 Å². The Morgan fingerprint density at radius 2 is 1.87 bits per heavy atom. The first kappa shape index (κ1) is 15.1. The van der Waals surface area contributed by atoms with E-state index in [9.17, 15) is 9.60 Å². The van der Waals surface area contributed by atoms with E-state index in [0.29, 0.717) is 28.5 Å². The molecule has 0 radical (unpaired) electrons. The number of hydrogen-bond acceptors (Lipinski definition) is 4. The summed E-state index contributed by atoms with van der Waals surface area (Å²) in [4.78, 5) is 12.4. The number of nitrogens with zero attached hydrogens (tertiary/aromatic N) is 4. The van der Waals surface area contributed by atoms with Gasteiger partial charge in [0, 0.05) is 29.4 Å². The van der Waals surface area contributed by atoms with Gasteiger partial charge in [0.1, 0.15) is 11.4 Å². The van der Waals surface area contributed by atoms with E-state index in [4.69, 9.17) is 0 Å². The van der Waals surface area contributed by atoms with Gasteiger partial charge in [-0.15, -0.1) is 0 Å². The fraction of sp³-hybridized carbons (Fsp3) is 0.235. The van der Waals surface area contributed by atoms with Crippen molar-refractivity contribution < 1.29 is 9.60 Å². The molecule has 5 nitrogen and oxygen atoms in total. The highest BCUT2D eigenvalue weighted by atomic mass is 19.1. The largest absolute Gasteiger partial charge is 0.427 e. The van der Waals surface area contributed by atoms with E-state index in [1.54, 1.807) is 24.4 Å². The van der Waals surface area contributed by atoms with Crippen molar-refractivity contribution in [1.29, 1.82) is 0 Å². The van der Waals surface area contributed by atoms with Crippen LogP contribution in [0.1, 0.15) is 26.6 Å². The van der Waals surface area contributed by atoms with Gasteiger partial charge in [-0.05, 0) is 18.2 Å². The van der Waals surface area contributed by atoms with Gasteiger partial charge < -0.3 is 5.21 Å². The summed E-state index contributed by atoms with van der Waals surface area (Å²) in [6.07, 6.45) is 3.01. The molecule has 0 bridgehead atoms. The lowest BCUT2D eigenvalue weighted by Gasteiger charge is -2.16. The summed E-state index contributed by atoms with van der Waals surface area (Å²) >= 11 is 0. The Hall–Kier alpha value is -2.76. The summed E-state index contributed by atoms with van der Waals surface area (Å²) in [7, 11) is 0. The van der Waals surface area contributed by atoms with Crippen molar-refractivity contribution in [3.63, 3.8) is 0 Å². The monoisotopic (exact) mass is 312 g/mol. The molecule has 0 fully saturated rings.